The summed E-state index contributed by atoms with van der Waals surface area (Å²) in [4.78, 5) is 37.0. The highest BCUT2D eigenvalue weighted by Gasteiger charge is 2.56. The number of hydrogen-bond acceptors (Lipinski definition) is 7. The normalized spacial score (nSPS) is 21.9. The van der Waals surface area contributed by atoms with Crippen LogP contribution in [0.25, 0.3) is 0 Å². The zero-order chi connectivity index (χ0) is 24.7. The van der Waals surface area contributed by atoms with Gasteiger partial charge in [-0.3, -0.25) is 4.79 Å². The Morgan fingerprint density at radius 1 is 1.29 bits per heavy atom. The lowest BCUT2D eigenvalue weighted by molar-refractivity contribution is -0.0188. The molecule has 34 heavy (non-hydrogen) atoms. The molecule has 0 saturated carbocycles. The molecule has 2 aliphatic rings. The van der Waals surface area contributed by atoms with Gasteiger partial charge >= 0.3 is 0 Å². The summed E-state index contributed by atoms with van der Waals surface area (Å²) in [6.07, 6.45) is 1.95. The van der Waals surface area contributed by atoms with E-state index in [1.165, 1.54) is 30.5 Å². The molecule has 0 N–H and O–H groups in total. The molecule has 2 atom stereocenters. The third-order valence-electron chi connectivity index (χ3n) is 7.03. The molecule has 2 aliphatic heterocycles. The number of methoxy groups -OCH3 is 1. The van der Waals surface area contributed by atoms with E-state index in [4.69, 9.17) is 16.3 Å². The Bertz CT molecular complexity index is 1090. The number of hydrogen-bond donors (Lipinski definition) is 0. The van der Waals surface area contributed by atoms with Crippen LogP contribution in [0.5, 0.6) is 0 Å². The fourth-order valence-corrected chi connectivity index (χ4v) is 5.14. The number of benzene rings is 1. The van der Waals surface area contributed by atoms with Crippen molar-refractivity contribution in [3.63, 3.8) is 0 Å². The third kappa shape index (κ3) is 3.87. The number of alkyl halides is 1. The third-order valence-corrected chi connectivity index (χ3v) is 7.22. The molecule has 2 aromatic rings. The molecular weight excluding hydrogens is 468 g/mol. The van der Waals surface area contributed by atoms with E-state index in [0.29, 0.717) is 23.9 Å². The fourth-order valence-electron chi connectivity index (χ4n) is 5.04. The Labute approximate surface area is 201 Å². The van der Waals surface area contributed by atoms with Gasteiger partial charge in [-0.1, -0.05) is 23.7 Å². The van der Waals surface area contributed by atoms with Gasteiger partial charge in [0.1, 0.15) is 17.3 Å². The van der Waals surface area contributed by atoms with Gasteiger partial charge in [0, 0.05) is 38.2 Å². The van der Waals surface area contributed by atoms with Crippen molar-refractivity contribution in [3.8, 4) is 0 Å². The van der Waals surface area contributed by atoms with Gasteiger partial charge in [-0.05, 0) is 44.0 Å². The number of amides is 1. The Hall–Kier alpha value is -2.56. The van der Waals surface area contributed by atoms with E-state index in [0.717, 1.165) is 6.07 Å². The van der Waals surface area contributed by atoms with Gasteiger partial charge in [0.05, 0.1) is 17.1 Å². The molecule has 1 amide bonds. The number of nitrogens with zero attached hydrogens (tertiary/aromatic N) is 5. The predicted octanol–water partition coefficient (Wildman–Crippen LogP) is 4.38. The summed E-state index contributed by atoms with van der Waals surface area (Å²) in [6.45, 7) is 2.49. The Morgan fingerprint density at radius 3 is 2.50 bits per heavy atom. The number of carbonyl (C=O) groups is 1. The van der Waals surface area contributed by atoms with Gasteiger partial charge in [-0.2, -0.15) is 0 Å². The van der Waals surface area contributed by atoms with E-state index < -0.39 is 29.2 Å². The highest BCUT2D eigenvalue weighted by atomic mass is 35.5. The summed E-state index contributed by atoms with van der Waals surface area (Å²) in [6, 6.07) is 2.50. The molecule has 4 rings (SSSR count). The minimum atomic E-state index is -1.96. The zero-order valence-corrected chi connectivity index (χ0v) is 20.0. The molecule has 8 nitrogen and oxygen atoms in total. The van der Waals surface area contributed by atoms with Gasteiger partial charge < -0.3 is 14.5 Å². The molecule has 0 bridgehead atoms. The highest BCUT2D eigenvalue weighted by molar-refractivity contribution is 6.30. The number of carbonyl (C=O) groups excluding carboxylic acids is 1. The van der Waals surface area contributed by atoms with Crippen LogP contribution < -0.4 is 0 Å². The molecule has 1 saturated heterocycles. The van der Waals surface area contributed by atoms with Gasteiger partial charge in [0.15, 0.2) is 11.8 Å². The van der Waals surface area contributed by atoms with Crippen LogP contribution >= 0.6 is 11.6 Å². The minimum Gasteiger partial charge on any atom is -0.357 e. The van der Waals surface area contributed by atoms with E-state index in [9.17, 15) is 9.70 Å². The summed E-state index contributed by atoms with van der Waals surface area (Å²) < 4.78 is 37.2. The Kier molecular flexibility index (Phi) is 6.67. The first-order valence-corrected chi connectivity index (χ1v) is 11.4. The second-order valence-electron chi connectivity index (χ2n) is 8.83. The lowest BCUT2D eigenvalue weighted by Crippen LogP contribution is -2.53. The van der Waals surface area contributed by atoms with Crippen molar-refractivity contribution in [2.45, 2.75) is 50.2 Å². The molecule has 182 valence electrons. The predicted molar refractivity (Wildman–Crippen MR) is 121 cm³/mol. The summed E-state index contributed by atoms with van der Waals surface area (Å²) >= 11 is 5.83. The summed E-state index contributed by atoms with van der Waals surface area (Å²) in [5.41, 5.74) is -3.69. The molecular formula is C23H26ClF2N5O3. The molecule has 1 aromatic heterocycles. The molecule has 2 unspecified atom stereocenters. The minimum absolute atomic E-state index is 0.00816. The number of ether oxygens (including phenoxy) is 1. The number of nitroso groups, excluding NO2 is 1. The summed E-state index contributed by atoms with van der Waals surface area (Å²) in [5, 5.41) is 3.59. The number of fused-ring (bicyclic) bond motifs is 1. The van der Waals surface area contributed by atoms with Gasteiger partial charge in [0.2, 0.25) is 0 Å². The van der Waals surface area contributed by atoms with Crippen LogP contribution in [0.4, 0.5) is 8.78 Å². The average molecular weight is 494 g/mol. The fraction of sp³-hybridized carbons (Fsp3) is 0.522. The highest BCUT2D eigenvalue weighted by Crippen LogP contribution is 2.50. The quantitative estimate of drug-likeness (QED) is 0.532. The molecule has 1 aromatic carbocycles. The van der Waals surface area contributed by atoms with Gasteiger partial charge in [0.25, 0.3) is 5.91 Å². The van der Waals surface area contributed by atoms with Crippen LogP contribution in [-0.4, -0.2) is 58.6 Å². The lowest BCUT2D eigenvalue weighted by atomic mass is 9.69. The van der Waals surface area contributed by atoms with E-state index in [-0.39, 0.29) is 42.5 Å². The van der Waals surface area contributed by atoms with Crippen LogP contribution in [-0.2, 0) is 16.8 Å². The largest absolute Gasteiger partial charge is 0.357 e. The average Bonchev–Trinajstić information content (AvgIpc) is 3.10. The Morgan fingerprint density at radius 2 is 1.94 bits per heavy atom. The van der Waals surface area contributed by atoms with Crippen LogP contribution in [0.15, 0.2) is 29.7 Å². The topological polar surface area (TPSA) is 88.0 Å². The molecule has 11 heteroatoms. The van der Waals surface area contributed by atoms with Crippen molar-refractivity contribution in [2.24, 2.45) is 5.18 Å². The van der Waals surface area contributed by atoms with Crippen LogP contribution in [0, 0.1) is 10.7 Å². The van der Waals surface area contributed by atoms with Gasteiger partial charge in [-0.15, -0.1) is 4.91 Å². The van der Waals surface area contributed by atoms with Crippen molar-refractivity contribution < 1.29 is 18.3 Å². The maximum absolute atomic E-state index is 16.3. The van der Waals surface area contributed by atoms with E-state index >= 15 is 8.78 Å². The van der Waals surface area contributed by atoms with E-state index in [1.54, 1.807) is 6.92 Å². The SMILES string of the molecule is CCC(N=O)(c1cc(F)c2c(c1)C(=O)N(Cc1ncc(Cl)cn1)C2OC)C1(F)CCN(C)CC1. The zero-order valence-electron chi connectivity index (χ0n) is 19.2. The first-order valence-electron chi connectivity index (χ1n) is 11.1. The second-order valence-corrected chi connectivity index (χ2v) is 9.27. The molecule has 0 radical (unpaired) electrons. The maximum atomic E-state index is 16.3. The molecule has 1 fully saturated rings. The molecule has 0 aliphatic carbocycles. The van der Waals surface area contributed by atoms with Crippen LogP contribution in [0.3, 0.4) is 0 Å². The van der Waals surface area contributed by atoms with Crippen LogP contribution in [0.1, 0.15) is 59.7 Å². The first-order chi connectivity index (χ1) is 16.2. The number of piperidine rings is 1. The van der Waals surface area contributed by atoms with Crippen LogP contribution in [0.2, 0.25) is 5.02 Å². The van der Waals surface area contributed by atoms with Crippen molar-refractivity contribution >= 4 is 17.5 Å². The van der Waals surface area contributed by atoms with Gasteiger partial charge in [-0.25, -0.2) is 18.7 Å². The number of halogens is 3. The monoisotopic (exact) mass is 493 g/mol. The second kappa shape index (κ2) is 9.24. The molecule has 3 heterocycles. The van der Waals surface area contributed by atoms with E-state index in [2.05, 4.69) is 15.1 Å². The summed E-state index contributed by atoms with van der Waals surface area (Å²) in [5.74, 6) is -1.00. The standard InChI is InChI=1S/C23H26ClF2N5O3/c1-4-23(29-33,22(26)5-7-30(2)8-6-22)14-9-16-19(17(25)10-14)21(34-3)31(20(16)32)13-18-27-11-15(24)12-28-18/h9-12,21H,4-8,13H2,1-3H3. The van der Waals surface area contributed by atoms with E-state index in [1.807, 2.05) is 11.9 Å². The summed E-state index contributed by atoms with van der Waals surface area (Å²) in [7, 11) is 3.23. The first kappa shape index (κ1) is 24.6. The maximum Gasteiger partial charge on any atom is 0.257 e. The van der Waals surface area contributed by atoms with Crippen molar-refractivity contribution in [1.82, 2.24) is 19.8 Å². The van der Waals surface area contributed by atoms with Crippen molar-refractivity contribution in [1.29, 1.82) is 0 Å². The number of rotatable bonds is 7. The van der Waals surface area contributed by atoms with Crippen molar-refractivity contribution in [2.75, 3.05) is 27.2 Å². The molecule has 0 spiro atoms. The number of aromatic nitrogens is 2. The number of likely N-dealkylation sites (tertiary alicyclic amines) is 1. The van der Waals surface area contributed by atoms with Crippen molar-refractivity contribution in [3.05, 3.63) is 62.8 Å². The Balaban J connectivity index is 1.76. The lowest BCUT2D eigenvalue weighted by Gasteiger charge is -2.44. The smallest absolute Gasteiger partial charge is 0.257 e.